The summed E-state index contributed by atoms with van der Waals surface area (Å²) in [5.41, 5.74) is 7.26. The fraction of sp³-hybridized carbons (Fsp3) is 0.625. The van der Waals surface area contributed by atoms with E-state index in [4.69, 9.17) is 0 Å². The summed E-state index contributed by atoms with van der Waals surface area (Å²) in [6, 6.07) is 0. The van der Waals surface area contributed by atoms with Gasteiger partial charge in [-0.05, 0) is 20.8 Å². The van der Waals surface area contributed by atoms with Crippen LogP contribution in [-0.4, -0.2) is 15.3 Å². The van der Waals surface area contributed by atoms with E-state index in [0.29, 0.717) is 0 Å². The maximum absolute atomic E-state index is 4.03. The van der Waals surface area contributed by atoms with Crippen molar-refractivity contribution in [1.82, 2.24) is 15.2 Å². The molecule has 0 unspecified atom stereocenters. The first-order valence-electron chi connectivity index (χ1n) is 3.99. The number of hydrogen-bond donors (Lipinski definition) is 2. The fourth-order valence-electron chi connectivity index (χ4n) is 0.745. The lowest BCUT2D eigenvalue weighted by Crippen LogP contribution is -2.39. The molecule has 2 N–H and O–H groups in total. The first kappa shape index (κ1) is 9.06. The van der Waals surface area contributed by atoms with E-state index < -0.39 is 0 Å². The minimum Gasteiger partial charge on any atom is -0.318 e. The van der Waals surface area contributed by atoms with Gasteiger partial charge in [-0.1, -0.05) is 0 Å². The summed E-state index contributed by atoms with van der Waals surface area (Å²) < 4.78 is 1.76. The summed E-state index contributed by atoms with van der Waals surface area (Å²) in [5, 5.41) is 4.03. The second-order valence-electron chi connectivity index (χ2n) is 3.90. The van der Waals surface area contributed by atoms with Crippen LogP contribution in [0.3, 0.4) is 0 Å². The topological polar surface area (TPSA) is 41.9 Å². The van der Waals surface area contributed by atoms with Crippen molar-refractivity contribution in [3.05, 3.63) is 12.4 Å². The molecule has 1 rings (SSSR count). The van der Waals surface area contributed by atoms with Gasteiger partial charge in [0, 0.05) is 18.8 Å². The Hall–Kier alpha value is -1.03. The zero-order chi connectivity index (χ0) is 9.19. The van der Waals surface area contributed by atoms with Crippen LogP contribution in [0.15, 0.2) is 12.4 Å². The lowest BCUT2D eigenvalue weighted by atomic mass is 10.1. The molecule has 0 spiro atoms. The summed E-state index contributed by atoms with van der Waals surface area (Å²) in [5.74, 6) is 0. The highest BCUT2D eigenvalue weighted by atomic mass is 15.4. The lowest BCUT2D eigenvalue weighted by molar-refractivity contribution is 0.465. The van der Waals surface area contributed by atoms with Crippen LogP contribution in [0.2, 0.25) is 0 Å². The Bertz CT molecular complexity index is 246. The van der Waals surface area contributed by atoms with E-state index in [-0.39, 0.29) is 5.54 Å². The van der Waals surface area contributed by atoms with Crippen LogP contribution in [0.4, 0.5) is 5.69 Å². The van der Waals surface area contributed by atoms with Crippen molar-refractivity contribution in [3.8, 4) is 0 Å². The van der Waals surface area contributed by atoms with Crippen LogP contribution in [0.25, 0.3) is 0 Å². The Morgan fingerprint density at radius 2 is 2.08 bits per heavy atom. The van der Waals surface area contributed by atoms with E-state index in [1.54, 1.807) is 10.9 Å². The second kappa shape index (κ2) is 3.15. The molecule has 0 aliphatic carbocycles. The van der Waals surface area contributed by atoms with Crippen molar-refractivity contribution in [2.45, 2.75) is 26.3 Å². The van der Waals surface area contributed by atoms with Crippen molar-refractivity contribution >= 4 is 5.69 Å². The lowest BCUT2D eigenvalue weighted by Gasteiger charge is -2.20. The van der Waals surface area contributed by atoms with Gasteiger partial charge >= 0.3 is 0 Å². The van der Waals surface area contributed by atoms with Gasteiger partial charge in [0.25, 0.3) is 0 Å². The van der Waals surface area contributed by atoms with Gasteiger partial charge in [0.2, 0.25) is 0 Å². The first-order chi connectivity index (χ1) is 5.47. The molecule has 0 atom stereocenters. The normalized spacial score (nSPS) is 11.7. The fourth-order valence-corrected chi connectivity index (χ4v) is 0.745. The quantitative estimate of drug-likeness (QED) is 0.651. The first-order valence-corrected chi connectivity index (χ1v) is 3.99. The molecule has 0 radical (unpaired) electrons. The molecule has 0 amide bonds. The van der Waals surface area contributed by atoms with Crippen molar-refractivity contribution in [2.75, 3.05) is 5.43 Å². The summed E-state index contributed by atoms with van der Waals surface area (Å²) in [4.78, 5) is 0. The minimum atomic E-state index is 0.0653. The molecule has 0 aliphatic heterocycles. The SMILES string of the molecule is Cn1cc(NNC(C)(C)C)cn1. The van der Waals surface area contributed by atoms with E-state index in [0.717, 1.165) is 5.69 Å². The smallest absolute Gasteiger partial charge is 0.0870 e. The zero-order valence-corrected chi connectivity index (χ0v) is 8.05. The van der Waals surface area contributed by atoms with Crippen LogP contribution in [0.1, 0.15) is 20.8 Å². The predicted octanol–water partition coefficient (Wildman–Crippen LogP) is 1.14. The van der Waals surface area contributed by atoms with E-state index in [9.17, 15) is 0 Å². The molecule has 0 fully saturated rings. The number of rotatable bonds is 2. The van der Waals surface area contributed by atoms with Crippen LogP contribution in [0, 0.1) is 0 Å². The van der Waals surface area contributed by atoms with Gasteiger partial charge < -0.3 is 5.43 Å². The van der Waals surface area contributed by atoms with Crippen LogP contribution >= 0.6 is 0 Å². The van der Waals surface area contributed by atoms with Gasteiger partial charge in [-0.2, -0.15) is 5.10 Å². The van der Waals surface area contributed by atoms with Gasteiger partial charge in [0.15, 0.2) is 0 Å². The average Bonchev–Trinajstić information content (AvgIpc) is 2.30. The Labute approximate surface area is 72.9 Å². The van der Waals surface area contributed by atoms with Gasteiger partial charge in [-0.3, -0.25) is 4.68 Å². The number of hydrazine groups is 1. The third-order valence-corrected chi connectivity index (χ3v) is 1.29. The third kappa shape index (κ3) is 2.92. The van der Waals surface area contributed by atoms with Crippen LogP contribution in [-0.2, 0) is 7.05 Å². The van der Waals surface area contributed by atoms with E-state index in [1.165, 1.54) is 0 Å². The Morgan fingerprint density at radius 1 is 1.42 bits per heavy atom. The Morgan fingerprint density at radius 3 is 2.50 bits per heavy atom. The highest BCUT2D eigenvalue weighted by molar-refractivity contribution is 5.36. The number of hydrogen-bond acceptors (Lipinski definition) is 3. The highest BCUT2D eigenvalue weighted by Crippen LogP contribution is 2.04. The molecule has 0 saturated carbocycles. The van der Waals surface area contributed by atoms with Crippen molar-refractivity contribution < 1.29 is 0 Å². The van der Waals surface area contributed by atoms with Crippen molar-refractivity contribution in [3.63, 3.8) is 0 Å². The number of nitrogens with zero attached hydrogens (tertiary/aromatic N) is 2. The Kier molecular flexibility index (Phi) is 2.38. The maximum Gasteiger partial charge on any atom is 0.0870 e. The maximum atomic E-state index is 4.03. The molecule has 0 bridgehead atoms. The van der Waals surface area contributed by atoms with Crippen molar-refractivity contribution in [2.24, 2.45) is 7.05 Å². The molecule has 4 nitrogen and oxygen atoms in total. The van der Waals surface area contributed by atoms with Crippen molar-refractivity contribution in [1.29, 1.82) is 0 Å². The standard InChI is InChI=1S/C8H16N4/c1-8(2,3)11-10-7-5-9-12(4)6-7/h5-6,10-11H,1-4H3. The number of nitrogens with one attached hydrogen (secondary N) is 2. The number of aromatic nitrogens is 2. The average molecular weight is 168 g/mol. The predicted molar refractivity (Wildman–Crippen MR) is 49.7 cm³/mol. The molecular formula is C8H16N4. The van der Waals surface area contributed by atoms with Gasteiger partial charge in [-0.15, -0.1) is 0 Å². The monoisotopic (exact) mass is 168 g/mol. The van der Waals surface area contributed by atoms with E-state index >= 15 is 0 Å². The molecule has 1 aromatic rings. The molecule has 0 aromatic carbocycles. The summed E-state index contributed by atoms with van der Waals surface area (Å²) in [7, 11) is 1.89. The van der Waals surface area contributed by atoms with Gasteiger partial charge in [0.1, 0.15) is 0 Å². The van der Waals surface area contributed by atoms with Crippen LogP contribution in [0.5, 0.6) is 0 Å². The number of aryl methyl sites for hydroxylation is 1. The van der Waals surface area contributed by atoms with E-state index in [1.807, 2.05) is 13.2 Å². The molecule has 0 aliphatic rings. The molecule has 4 heteroatoms. The minimum absolute atomic E-state index is 0.0653. The zero-order valence-electron chi connectivity index (χ0n) is 8.05. The van der Waals surface area contributed by atoms with Crippen LogP contribution < -0.4 is 10.9 Å². The largest absolute Gasteiger partial charge is 0.318 e. The Balaban J connectivity index is 2.44. The summed E-state index contributed by atoms with van der Waals surface area (Å²) in [6.07, 6.45) is 3.69. The highest BCUT2D eigenvalue weighted by Gasteiger charge is 2.07. The molecule has 1 aromatic heterocycles. The molecular weight excluding hydrogens is 152 g/mol. The second-order valence-corrected chi connectivity index (χ2v) is 3.90. The molecule has 68 valence electrons. The summed E-state index contributed by atoms with van der Waals surface area (Å²) >= 11 is 0. The summed E-state index contributed by atoms with van der Waals surface area (Å²) in [6.45, 7) is 6.28. The van der Waals surface area contributed by atoms with Gasteiger partial charge in [-0.25, -0.2) is 5.43 Å². The van der Waals surface area contributed by atoms with Gasteiger partial charge in [0.05, 0.1) is 11.9 Å². The number of anilines is 1. The molecule has 0 saturated heterocycles. The third-order valence-electron chi connectivity index (χ3n) is 1.29. The van der Waals surface area contributed by atoms with E-state index in [2.05, 4.69) is 36.7 Å². The molecule has 12 heavy (non-hydrogen) atoms. The molecule has 1 heterocycles.